The first-order chi connectivity index (χ1) is 8.65. The average molecular weight is 269 g/mol. The Morgan fingerprint density at radius 3 is 2.33 bits per heavy atom. The van der Waals surface area contributed by atoms with Crippen LogP contribution in [0.2, 0.25) is 0 Å². The summed E-state index contributed by atoms with van der Waals surface area (Å²) in [6.07, 6.45) is 5.33. The zero-order chi connectivity index (χ0) is 13.0. The second-order valence-electron chi connectivity index (χ2n) is 6.11. The van der Waals surface area contributed by atoms with Crippen LogP contribution in [0, 0.1) is 5.92 Å². The van der Waals surface area contributed by atoms with Gasteiger partial charge in [-0.25, -0.2) is 0 Å². The van der Waals surface area contributed by atoms with Crippen LogP contribution >= 0.6 is 12.2 Å². The maximum absolute atomic E-state index is 5.53. The summed E-state index contributed by atoms with van der Waals surface area (Å²) in [7, 11) is 0. The number of rotatable bonds is 3. The highest BCUT2D eigenvalue weighted by Crippen LogP contribution is 2.18. The molecule has 0 atom stereocenters. The highest BCUT2D eigenvalue weighted by atomic mass is 32.1. The summed E-state index contributed by atoms with van der Waals surface area (Å²) in [4.78, 5) is 4.91. The van der Waals surface area contributed by atoms with Crippen molar-refractivity contribution in [1.82, 2.24) is 15.1 Å². The highest BCUT2D eigenvalue weighted by Gasteiger charge is 2.22. The van der Waals surface area contributed by atoms with Crippen LogP contribution in [0.15, 0.2) is 0 Å². The number of nitrogens with zero attached hydrogens (tertiary/aromatic N) is 2. The second-order valence-corrected chi connectivity index (χ2v) is 6.50. The summed E-state index contributed by atoms with van der Waals surface area (Å²) in [5, 5.41) is 4.53. The molecule has 2 fully saturated rings. The Bertz CT molecular complexity index is 266. The number of nitrogens with one attached hydrogen (secondary N) is 1. The molecule has 0 aromatic carbocycles. The first kappa shape index (κ1) is 14.1. The summed E-state index contributed by atoms with van der Waals surface area (Å²) in [5.74, 6) is 0.764. The first-order valence-electron chi connectivity index (χ1n) is 7.43. The van der Waals surface area contributed by atoms with E-state index in [0.717, 1.165) is 37.2 Å². The third-order valence-electron chi connectivity index (χ3n) is 3.97. The molecule has 18 heavy (non-hydrogen) atoms. The van der Waals surface area contributed by atoms with Crippen LogP contribution < -0.4 is 5.32 Å². The van der Waals surface area contributed by atoms with Crippen LogP contribution in [-0.4, -0.2) is 53.7 Å². The lowest BCUT2D eigenvalue weighted by molar-refractivity contribution is 0.165. The van der Waals surface area contributed by atoms with Crippen molar-refractivity contribution in [3.05, 3.63) is 0 Å². The van der Waals surface area contributed by atoms with Gasteiger partial charge in [0.05, 0.1) is 0 Å². The summed E-state index contributed by atoms with van der Waals surface area (Å²) < 4.78 is 0. The summed E-state index contributed by atoms with van der Waals surface area (Å²) in [5.41, 5.74) is 0. The van der Waals surface area contributed by atoms with E-state index in [1.807, 2.05) is 0 Å². The van der Waals surface area contributed by atoms with Gasteiger partial charge in [-0.1, -0.05) is 26.7 Å². The maximum Gasteiger partial charge on any atom is 0.169 e. The first-order valence-corrected chi connectivity index (χ1v) is 7.84. The molecule has 0 bridgehead atoms. The number of piperazine rings is 1. The van der Waals surface area contributed by atoms with Gasteiger partial charge in [-0.2, -0.15) is 0 Å². The van der Waals surface area contributed by atoms with Crippen LogP contribution in [0.5, 0.6) is 0 Å². The Morgan fingerprint density at radius 2 is 1.78 bits per heavy atom. The fourth-order valence-corrected chi connectivity index (χ4v) is 3.34. The van der Waals surface area contributed by atoms with E-state index in [1.54, 1.807) is 0 Å². The summed E-state index contributed by atoms with van der Waals surface area (Å²) in [6, 6.07) is 0.645. The molecule has 0 amide bonds. The third-order valence-corrected chi connectivity index (χ3v) is 4.34. The standard InChI is InChI=1S/C14H27N3S/c1-12(2)11-16-7-9-17(10-8-16)14(18)15-13-5-3-4-6-13/h12-13H,3-11H2,1-2H3,(H,15,18). The molecule has 0 aromatic rings. The molecule has 1 heterocycles. The van der Waals surface area contributed by atoms with Gasteiger partial charge in [0.1, 0.15) is 0 Å². The van der Waals surface area contributed by atoms with Gasteiger partial charge in [0.2, 0.25) is 0 Å². The molecule has 3 nitrogen and oxygen atoms in total. The molecule has 1 saturated carbocycles. The lowest BCUT2D eigenvalue weighted by atomic mass is 10.2. The molecule has 104 valence electrons. The molecule has 1 aliphatic heterocycles. The number of thiocarbonyl (C=S) groups is 1. The van der Waals surface area contributed by atoms with Crippen LogP contribution in [0.3, 0.4) is 0 Å². The normalized spacial score (nSPS) is 22.7. The van der Waals surface area contributed by atoms with Gasteiger partial charge >= 0.3 is 0 Å². The number of hydrogen-bond donors (Lipinski definition) is 1. The fraction of sp³-hybridized carbons (Fsp3) is 0.929. The van der Waals surface area contributed by atoms with Gasteiger partial charge in [0.25, 0.3) is 0 Å². The molecule has 1 aliphatic carbocycles. The van der Waals surface area contributed by atoms with E-state index in [1.165, 1.54) is 32.2 Å². The van der Waals surface area contributed by atoms with Gasteiger partial charge in [0, 0.05) is 38.8 Å². The summed E-state index contributed by atoms with van der Waals surface area (Å²) >= 11 is 5.53. The Morgan fingerprint density at radius 1 is 1.17 bits per heavy atom. The minimum absolute atomic E-state index is 0.645. The number of hydrogen-bond acceptors (Lipinski definition) is 2. The predicted octanol–water partition coefficient (Wildman–Crippen LogP) is 2.08. The van der Waals surface area contributed by atoms with Gasteiger partial charge in [-0.15, -0.1) is 0 Å². The largest absolute Gasteiger partial charge is 0.360 e. The third kappa shape index (κ3) is 4.09. The molecule has 0 unspecified atom stereocenters. The minimum atomic E-state index is 0.645. The summed E-state index contributed by atoms with van der Waals surface area (Å²) in [6.45, 7) is 10.3. The molecule has 2 rings (SSSR count). The molecule has 0 radical (unpaired) electrons. The van der Waals surface area contributed by atoms with Crippen LogP contribution in [0.25, 0.3) is 0 Å². The molecular weight excluding hydrogens is 242 g/mol. The van der Waals surface area contributed by atoms with E-state index in [4.69, 9.17) is 12.2 Å². The van der Waals surface area contributed by atoms with Crippen molar-refractivity contribution in [1.29, 1.82) is 0 Å². The van der Waals surface area contributed by atoms with E-state index in [0.29, 0.717) is 6.04 Å². The van der Waals surface area contributed by atoms with Crippen molar-refractivity contribution >= 4 is 17.3 Å². The molecule has 4 heteroatoms. The topological polar surface area (TPSA) is 18.5 Å². The van der Waals surface area contributed by atoms with Crippen LogP contribution in [0.1, 0.15) is 39.5 Å². The Hall–Kier alpha value is -0.350. The van der Waals surface area contributed by atoms with Crippen LogP contribution in [-0.2, 0) is 0 Å². The van der Waals surface area contributed by atoms with Gasteiger partial charge in [-0.3, -0.25) is 4.90 Å². The fourth-order valence-electron chi connectivity index (χ4n) is 2.99. The molecule has 0 aromatic heterocycles. The molecule has 0 spiro atoms. The Labute approximate surface area is 117 Å². The van der Waals surface area contributed by atoms with E-state index in [9.17, 15) is 0 Å². The van der Waals surface area contributed by atoms with Gasteiger partial charge in [0.15, 0.2) is 5.11 Å². The molecule has 2 aliphatic rings. The van der Waals surface area contributed by atoms with Crippen molar-refractivity contribution in [2.24, 2.45) is 5.92 Å². The van der Waals surface area contributed by atoms with E-state index < -0.39 is 0 Å². The van der Waals surface area contributed by atoms with Crippen molar-refractivity contribution < 1.29 is 0 Å². The predicted molar refractivity (Wildman–Crippen MR) is 80.8 cm³/mol. The van der Waals surface area contributed by atoms with E-state index in [2.05, 4.69) is 29.0 Å². The maximum atomic E-state index is 5.53. The van der Waals surface area contributed by atoms with E-state index >= 15 is 0 Å². The van der Waals surface area contributed by atoms with Crippen molar-refractivity contribution in [3.63, 3.8) is 0 Å². The minimum Gasteiger partial charge on any atom is -0.360 e. The lowest BCUT2D eigenvalue weighted by Gasteiger charge is -2.37. The zero-order valence-electron chi connectivity index (χ0n) is 11.8. The molecular formula is C14H27N3S. The van der Waals surface area contributed by atoms with E-state index in [-0.39, 0.29) is 0 Å². The quantitative estimate of drug-likeness (QED) is 0.790. The van der Waals surface area contributed by atoms with Crippen molar-refractivity contribution in [3.8, 4) is 0 Å². The monoisotopic (exact) mass is 269 g/mol. The smallest absolute Gasteiger partial charge is 0.169 e. The molecule has 1 saturated heterocycles. The van der Waals surface area contributed by atoms with Crippen molar-refractivity contribution in [2.45, 2.75) is 45.6 Å². The Kier molecular flexibility index (Phi) is 5.25. The van der Waals surface area contributed by atoms with Crippen molar-refractivity contribution in [2.75, 3.05) is 32.7 Å². The van der Waals surface area contributed by atoms with Gasteiger partial charge < -0.3 is 10.2 Å². The van der Waals surface area contributed by atoms with Gasteiger partial charge in [-0.05, 0) is 31.0 Å². The highest BCUT2D eigenvalue weighted by molar-refractivity contribution is 7.80. The second kappa shape index (κ2) is 6.71. The zero-order valence-corrected chi connectivity index (χ0v) is 12.6. The van der Waals surface area contributed by atoms with Crippen LogP contribution in [0.4, 0.5) is 0 Å². The average Bonchev–Trinajstić information content (AvgIpc) is 2.82. The lowest BCUT2D eigenvalue weighted by Crippen LogP contribution is -2.53. The SMILES string of the molecule is CC(C)CN1CCN(C(=S)NC2CCCC2)CC1. The Balaban J connectivity index is 1.70. The molecule has 1 N–H and O–H groups in total.